The number of hydrogen-bond donors (Lipinski definition) is 0. The monoisotopic (exact) mass is 148 g/mol. The Morgan fingerprint density at radius 1 is 1.30 bits per heavy atom. The van der Waals surface area contributed by atoms with Crippen LogP contribution in [0.15, 0.2) is 0 Å². The van der Waals surface area contributed by atoms with E-state index in [0.717, 1.165) is 6.42 Å². The molecule has 0 aliphatic heterocycles. The molecule has 2 heteroatoms. The minimum absolute atomic E-state index is 0.168. The smallest absolute Gasteiger partial charge is 0.206 e. The van der Waals surface area contributed by atoms with Crippen LogP contribution < -0.4 is 0 Å². The van der Waals surface area contributed by atoms with Crippen LogP contribution in [0.4, 0.5) is 8.78 Å². The minimum Gasteiger partial charge on any atom is -0.206 e. The maximum Gasteiger partial charge on any atom is 0.254 e. The summed E-state index contributed by atoms with van der Waals surface area (Å²) in [6.07, 6.45) is 0.932. The van der Waals surface area contributed by atoms with Gasteiger partial charge in [0.1, 0.15) is 0 Å². The van der Waals surface area contributed by atoms with Gasteiger partial charge >= 0.3 is 0 Å². The van der Waals surface area contributed by atoms with E-state index in [4.69, 9.17) is 0 Å². The zero-order chi connectivity index (χ0) is 7.99. The number of rotatable bonds is 0. The Labute approximate surface area is 60.6 Å². The van der Waals surface area contributed by atoms with Crippen molar-refractivity contribution in [2.75, 3.05) is 0 Å². The molecule has 0 heterocycles. The molecule has 0 aromatic heterocycles. The maximum absolute atomic E-state index is 12.2. The maximum atomic E-state index is 12.2. The molecule has 0 saturated heterocycles. The van der Waals surface area contributed by atoms with E-state index >= 15 is 0 Å². The summed E-state index contributed by atoms with van der Waals surface area (Å²) in [5, 5.41) is 0. The SMILES string of the molecule is CC.CC1CC12CC2(F)F. The first kappa shape index (κ1) is 7.96. The Morgan fingerprint density at radius 3 is 1.60 bits per heavy atom. The fraction of sp³-hybridized carbons (Fsp3) is 1.00. The zero-order valence-corrected chi connectivity index (χ0v) is 6.75. The summed E-state index contributed by atoms with van der Waals surface area (Å²) in [4.78, 5) is 0. The molecule has 2 atom stereocenters. The lowest BCUT2D eigenvalue weighted by Crippen LogP contribution is -1.93. The first-order valence-corrected chi connectivity index (χ1v) is 3.96. The van der Waals surface area contributed by atoms with E-state index in [9.17, 15) is 8.78 Å². The van der Waals surface area contributed by atoms with Crippen molar-refractivity contribution in [3.05, 3.63) is 0 Å². The molecule has 0 radical (unpaired) electrons. The van der Waals surface area contributed by atoms with E-state index in [0.29, 0.717) is 5.92 Å². The fourth-order valence-corrected chi connectivity index (χ4v) is 1.60. The van der Waals surface area contributed by atoms with Gasteiger partial charge in [0.2, 0.25) is 0 Å². The molecule has 2 rings (SSSR count). The second-order valence-electron chi connectivity index (χ2n) is 3.14. The van der Waals surface area contributed by atoms with Crippen LogP contribution in [0.1, 0.15) is 33.6 Å². The minimum atomic E-state index is -2.27. The van der Waals surface area contributed by atoms with Gasteiger partial charge in [0.05, 0.1) is 0 Å². The van der Waals surface area contributed by atoms with Crippen LogP contribution in [-0.2, 0) is 0 Å². The molecule has 0 amide bonds. The van der Waals surface area contributed by atoms with Gasteiger partial charge in [-0.05, 0) is 12.3 Å². The molecule has 2 saturated carbocycles. The summed E-state index contributed by atoms with van der Waals surface area (Å²) in [5.41, 5.74) is -0.479. The predicted molar refractivity (Wildman–Crippen MR) is 37.1 cm³/mol. The normalized spacial score (nSPS) is 45.9. The van der Waals surface area contributed by atoms with Crippen molar-refractivity contribution in [1.29, 1.82) is 0 Å². The Balaban J connectivity index is 0.000000231. The Morgan fingerprint density at radius 2 is 1.60 bits per heavy atom. The third-order valence-electron chi connectivity index (χ3n) is 2.59. The van der Waals surface area contributed by atoms with Gasteiger partial charge in [0.15, 0.2) is 0 Å². The molecule has 0 bridgehead atoms. The zero-order valence-electron chi connectivity index (χ0n) is 6.75. The van der Waals surface area contributed by atoms with Crippen LogP contribution >= 0.6 is 0 Å². The summed E-state index contributed by atoms with van der Waals surface area (Å²) in [6.45, 7) is 5.90. The Bertz CT molecular complexity index is 142. The highest BCUT2D eigenvalue weighted by Crippen LogP contribution is 2.78. The summed E-state index contributed by atoms with van der Waals surface area (Å²) < 4.78 is 24.4. The van der Waals surface area contributed by atoms with Gasteiger partial charge in [0.25, 0.3) is 5.92 Å². The number of halogens is 2. The van der Waals surface area contributed by atoms with Gasteiger partial charge in [-0.15, -0.1) is 0 Å². The Kier molecular flexibility index (Phi) is 1.53. The third-order valence-corrected chi connectivity index (χ3v) is 2.59. The van der Waals surface area contributed by atoms with E-state index in [1.807, 2.05) is 20.8 Å². The molecule has 0 N–H and O–H groups in total. The van der Waals surface area contributed by atoms with Gasteiger partial charge in [0, 0.05) is 11.8 Å². The van der Waals surface area contributed by atoms with Gasteiger partial charge in [-0.1, -0.05) is 20.8 Å². The number of hydrogen-bond acceptors (Lipinski definition) is 0. The molecule has 60 valence electrons. The van der Waals surface area contributed by atoms with Gasteiger partial charge in [-0.3, -0.25) is 0 Å². The lowest BCUT2D eigenvalue weighted by atomic mass is 10.3. The molecule has 0 nitrogen and oxygen atoms in total. The first-order valence-electron chi connectivity index (χ1n) is 3.96. The van der Waals surface area contributed by atoms with E-state index in [-0.39, 0.29) is 6.42 Å². The average molecular weight is 148 g/mol. The van der Waals surface area contributed by atoms with Crippen molar-refractivity contribution < 1.29 is 8.78 Å². The highest BCUT2D eigenvalue weighted by atomic mass is 19.3. The van der Waals surface area contributed by atoms with Crippen LogP contribution in [0, 0.1) is 11.3 Å². The van der Waals surface area contributed by atoms with Crippen LogP contribution in [0.3, 0.4) is 0 Å². The standard InChI is InChI=1S/C6H8F2.C2H6/c1-4-2-5(4)3-6(5,7)8;1-2/h4H,2-3H2,1H3;1-2H3. The first-order chi connectivity index (χ1) is 4.58. The van der Waals surface area contributed by atoms with Crippen LogP contribution in [0.5, 0.6) is 0 Å². The van der Waals surface area contributed by atoms with E-state index in [2.05, 4.69) is 0 Å². The highest BCUT2D eigenvalue weighted by Gasteiger charge is 2.81. The molecule has 0 aromatic rings. The summed E-state index contributed by atoms with van der Waals surface area (Å²) in [7, 11) is 0. The second-order valence-corrected chi connectivity index (χ2v) is 3.14. The average Bonchev–Trinajstić information content (AvgIpc) is 2.60. The van der Waals surface area contributed by atoms with E-state index in [1.54, 1.807) is 0 Å². The summed E-state index contributed by atoms with van der Waals surface area (Å²) in [5.74, 6) is -1.97. The van der Waals surface area contributed by atoms with Crippen molar-refractivity contribution in [2.24, 2.45) is 11.3 Å². The van der Waals surface area contributed by atoms with Crippen molar-refractivity contribution in [1.82, 2.24) is 0 Å². The molecular weight excluding hydrogens is 134 g/mol. The molecule has 2 aliphatic rings. The third kappa shape index (κ3) is 0.774. The topological polar surface area (TPSA) is 0 Å². The Hall–Kier alpha value is -0.140. The largest absolute Gasteiger partial charge is 0.254 e. The van der Waals surface area contributed by atoms with E-state index in [1.165, 1.54) is 0 Å². The fourth-order valence-electron chi connectivity index (χ4n) is 1.60. The lowest BCUT2D eigenvalue weighted by molar-refractivity contribution is 0.0899. The summed E-state index contributed by atoms with van der Waals surface area (Å²) in [6, 6.07) is 0. The number of alkyl halides is 2. The highest BCUT2D eigenvalue weighted by molar-refractivity contribution is 5.22. The molecule has 2 unspecified atom stereocenters. The van der Waals surface area contributed by atoms with Crippen molar-refractivity contribution in [3.63, 3.8) is 0 Å². The van der Waals surface area contributed by atoms with Gasteiger partial charge in [-0.25, -0.2) is 8.78 Å². The van der Waals surface area contributed by atoms with Crippen molar-refractivity contribution in [3.8, 4) is 0 Å². The molecule has 10 heavy (non-hydrogen) atoms. The molecule has 0 aromatic carbocycles. The quantitative estimate of drug-likeness (QED) is 0.495. The van der Waals surface area contributed by atoms with Crippen LogP contribution in [-0.4, -0.2) is 5.92 Å². The summed E-state index contributed by atoms with van der Waals surface area (Å²) >= 11 is 0. The molecule has 2 fully saturated rings. The van der Waals surface area contributed by atoms with Crippen LogP contribution in [0.2, 0.25) is 0 Å². The predicted octanol–water partition coefficient (Wildman–Crippen LogP) is 3.08. The molecule has 2 aliphatic carbocycles. The van der Waals surface area contributed by atoms with Crippen molar-refractivity contribution >= 4 is 0 Å². The van der Waals surface area contributed by atoms with E-state index < -0.39 is 11.3 Å². The van der Waals surface area contributed by atoms with Gasteiger partial charge in [-0.2, -0.15) is 0 Å². The lowest BCUT2D eigenvalue weighted by Gasteiger charge is -1.87. The van der Waals surface area contributed by atoms with Crippen LogP contribution in [0.25, 0.3) is 0 Å². The second kappa shape index (κ2) is 1.93. The molecule has 1 spiro atoms. The van der Waals surface area contributed by atoms with Gasteiger partial charge < -0.3 is 0 Å². The van der Waals surface area contributed by atoms with Crippen molar-refractivity contribution in [2.45, 2.75) is 39.5 Å². The molecular formula is C8H14F2.